The first kappa shape index (κ1) is 15.2. The van der Waals surface area contributed by atoms with Gasteiger partial charge in [0.05, 0.1) is 5.69 Å². The summed E-state index contributed by atoms with van der Waals surface area (Å²) in [6, 6.07) is 2.72. The second-order valence-corrected chi connectivity index (χ2v) is 4.19. The molecule has 0 unspecified atom stereocenters. The van der Waals surface area contributed by atoms with Crippen LogP contribution in [0, 0.1) is 17.5 Å². The van der Waals surface area contributed by atoms with E-state index in [1.54, 1.807) is 7.05 Å². The van der Waals surface area contributed by atoms with Crippen LogP contribution in [0.4, 0.5) is 19.0 Å². The van der Waals surface area contributed by atoms with Crippen LogP contribution in [0.25, 0.3) is 11.3 Å². The number of nitrogens with zero attached hydrogens (tertiary/aromatic N) is 2. The maximum Gasteiger partial charge on any atom is 0.161 e. The largest absolute Gasteiger partial charge is 0.374 e. The first-order valence-electron chi connectivity index (χ1n) is 6.33. The summed E-state index contributed by atoms with van der Waals surface area (Å²) in [4.78, 5) is 8.26. The van der Waals surface area contributed by atoms with Crippen LogP contribution in [-0.4, -0.2) is 23.6 Å². The number of hydrogen-bond acceptors (Lipinski definition) is 4. The van der Waals surface area contributed by atoms with Crippen molar-refractivity contribution in [3.05, 3.63) is 41.5 Å². The van der Waals surface area contributed by atoms with Crippen LogP contribution in [0.2, 0.25) is 0 Å². The van der Waals surface area contributed by atoms with Crippen molar-refractivity contribution in [2.75, 3.05) is 19.0 Å². The van der Waals surface area contributed by atoms with Crippen molar-refractivity contribution in [2.45, 2.75) is 13.5 Å². The smallest absolute Gasteiger partial charge is 0.161 e. The van der Waals surface area contributed by atoms with Gasteiger partial charge in [-0.3, -0.25) is 0 Å². The Kier molecular flexibility index (Phi) is 4.74. The lowest BCUT2D eigenvalue weighted by Crippen LogP contribution is -2.05. The van der Waals surface area contributed by atoms with Gasteiger partial charge in [0.2, 0.25) is 0 Å². The van der Waals surface area contributed by atoms with Crippen molar-refractivity contribution in [1.82, 2.24) is 9.97 Å². The van der Waals surface area contributed by atoms with Gasteiger partial charge in [0, 0.05) is 31.4 Å². The normalized spacial score (nSPS) is 10.7. The fourth-order valence-electron chi connectivity index (χ4n) is 1.74. The number of halogens is 3. The number of ether oxygens (including phenoxy) is 1. The Morgan fingerprint density at radius 3 is 2.43 bits per heavy atom. The standard InChI is InChI=1S/C14H14F3N3O/c1-3-21-7-14-19-12(6-13(18-2)20-14)8-4-10(16)11(17)5-9(8)15/h4-6H,3,7H2,1-2H3,(H,18,19,20). The van der Waals surface area contributed by atoms with Crippen molar-refractivity contribution in [3.8, 4) is 11.3 Å². The third kappa shape index (κ3) is 3.49. The molecule has 2 rings (SSSR count). The number of anilines is 1. The van der Waals surface area contributed by atoms with Crippen LogP contribution in [0.3, 0.4) is 0 Å². The molecule has 1 aromatic carbocycles. The monoisotopic (exact) mass is 297 g/mol. The summed E-state index contributed by atoms with van der Waals surface area (Å²) in [6.45, 7) is 2.43. The molecule has 7 heteroatoms. The van der Waals surface area contributed by atoms with Gasteiger partial charge in [0.25, 0.3) is 0 Å². The number of hydrogen-bond donors (Lipinski definition) is 1. The molecule has 0 saturated heterocycles. The molecule has 4 nitrogen and oxygen atoms in total. The van der Waals surface area contributed by atoms with E-state index in [-0.39, 0.29) is 17.9 Å². The predicted octanol–water partition coefficient (Wildman–Crippen LogP) is 3.14. The molecule has 0 bridgehead atoms. The average molecular weight is 297 g/mol. The van der Waals surface area contributed by atoms with Crippen LogP contribution < -0.4 is 5.32 Å². The fourth-order valence-corrected chi connectivity index (χ4v) is 1.74. The lowest BCUT2D eigenvalue weighted by molar-refractivity contribution is 0.128. The molecule has 1 N–H and O–H groups in total. The molecule has 0 aliphatic heterocycles. The average Bonchev–Trinajstić information content (AvgIpc) is 2.48. The Balaban J connectivity index is 2.49. The molecule has 0 aliphatic rings. The highest BCUT2D eigenvalue weighted by molar-refractivity contribution is 5.63. The molecule has 0 aliphatic carbocycles. The molecule has 0 spiro atoms. The second kappa shape index (κ2) is 6.53. The number of benzene rings is 1. The van der Waals surface area contributed by atoms with Gasteiger partial charge in [-0.15, -0.1) is 0 Å². The van der Waals surface area contributed by atoms with Crippen molar-refractivity contribution >= 4 is 5.82 Å². The first-order chi connectivity index (χ1) is 10.0. The lowest BCUT2D eigenvalue weighted by atomic mass is 10.1. The Hall–Kier alpha value is -2.15. The fraction of sp³-hybridized carbons (Fsp3) is 0.286. The third-order valence-electron chi connectivity index (χ3n) is 2.75. The minimum atomic E-state index is -1.24. The van der Waals surface area contributed by atoms with E-state index in [1.165, 1.54) is 6.07 Å². The van der Waals surface area contributed by atoms with Gasteiger partial charge >= 0.3 is 0 Å². The molecule has 2 aromatic rings. The van der Waals surface area contributed by atoms with Crippen LogP contribution in [0.15, 0.2) is 18.2 Å². The Morgan fingerprint density at radius 1 is 1.05 bits per heavy atom. The molecule has 0 atom stereocenters. The van der Waals surface area contributed by atoms with Gasteiger partial charge in [-0.25, -0.2) is 23.1 Å². The summed E-state index contributed by atoms with van der Waals surface area (Å²) in [6.07, 6.45) is 0. The van der Waals surface area contributed by atoms with Gasteiger partial charge < -0.3 is 10.1 Å². The van der Waals surface area contributed by atoms with E-state index in [1.807, 2.05) is 6.92 Å². The summed E-state index contributed by atoms with van der Waals surface area (Å²) in [7, 11) is 1.64. The SMILES string of the molecule is CCOCc1nc(NC)cc(-c2cc(F)c(F)cc2F)n1. The van der Waals surface area contributed by atoms with Gasteiger partial charge in [0.15, 0.2) is 17.5 Å². The predicted molar refractivity (Wildman–Crippen MR) is 72.2 cm³/mol. The van der Waals surface area contributed by atoms with E-state index in [0.717, 1.165) is 6.07 Å². The zero-order valence-electron chi connectivity index (χ0n) is 11.6. The van der Waals surface area contributed by atoms with Crippen molar-refractivity contribution in [1.29, 1.82) is 0 Å². The molecular formula is C14H14F3N3O. The third-order valence-corrected chi connectivity index (χ3v) is 2.75. The molecule has 112 valence electrons. The minimum absolute atomic E-state index is 0.134. The molecule has 21 heavy (non-hydrogen) atoms. The summed E-state index contributed by atoms with van der Waals surface area (Å²) in [5.41, 5.74) is 0.0194. The number of aromatic nitrogens is 2. The van der Waals surface area contributed by atoms with Crippen LogP contribution in [-0.2, 0) is 11.3 Å². The lowest BCUT2D eigenvalue weighted by Gasteiger charge is -2.09. The van der Waals surface area contributed by atoms with E-state index in [0.29, 0.717) is 24.3 Å². The molecule has 0 fully saturated rings. The van der Waals surface area contributed by atoms with Crippen LogP contribution in [0.1, 0.15) is 12.7 Å². The zero-order valence-corrected chi connectivity index (χ0v) is 11.6. The zero-order chi connectivity index (χ0) is 15.4. The van der Waals surface area contributed by atoms with Crippen molar-refractivity contribution < 1.29 is 17.9 Å². The highest BCUT2D eigenvalue weighted by Gasteiger charge is 2.14. The van der Waals surface area contributed by atoms with E-state index < -0.39 is 17.5 Å². The molecule has 0 radical (unpaired) electrons. The summed E-state index contributed by atoms with van der Waals surface area (Å²) in [5.74, 6) is -2.52. The highest BCUT2D eigenvalue weighted by Crippen LogP contribution is 2.25. The minimum Gasteiger partial charge on any atom is -0.374 e. The van der Waals surface area contributed by atoms with Gasteiger partial charge in [-0.2, -0.15) is 0 Å². The Labute approximate surface area is 120 Å². The number of nitrogens with one attached hydrogen (secondary N) is 1. The second-order valence-electron chi connectivity index (χ2n) is 4.19. The number of rotatable bonds is 5. The molecule has 1 aromatic heterocycles. The van der Waals surface area contributed by atoms with Gasteiger partial charge in [-0.1, -0.05) is 0 Å². The van der Waals surface area contributed by atoms with E-state index in [4.69, 9.17) is 4.74 Å². The molecule has 0 amide bonds. The van der Waals surface area contributed by atoms with Crippen LogP contribution >= 0.6 is 0 Å². The maximum atomic E-state index is 13.8. The topological polar surface area (TPSA) is 47.0 Å². The first-order valence-corrected chi connectivity index (χ1v) is 6.33. The van der Waals surface area contributed by atoms with Crippen molar-refractivity contribution in [2.24, 2.45) is 0 Å². The van der Waals surface area contributed by atoms with Crippen molar-refractivity contribution in [3.63, 3.8) is 0 Å². The quantitative estimate of drug-likeness (QED) is 0.861. The van der Waals surface area contributed by atoms with E-state index in [9.17, 15) is 13.2 Å². The van der Waals surface area contributed by atoms with E-state index in [2.05, 4.69) is 15.3 Å². The van der Waals surface area contributed by atoms with E-state index >= 15 is 0 Å². The summed E-state index contributed by atoms with van der Waals surface area (Å²) < 4.78 is 45.3. The summed E-state index contributed by atoms with van der Waals surface area (Å²) >= 11 is 0. The molecular weight excluding hydrogens is 283 g/mol. The highest BCUT2D eigenvalue weighted by atomic mass is 19.2. The van der Waals surface area contributed by atoms with Crippen LogP contribution in [0.5, 0.6) is 0 Å². The summed E-state index contributed by atoms with van der Waals surface area (Å²) in [5, 5.41) is 2.80. The Morgan fingerprint density at radius 2 is 1.76 bits per heavy atom. The molecule has 1 heterocycles. The van der Waals surface area contributed by atoms with Gasteiger partial charge in [0.1, 0.15) is 18.2 Å². The Bertz CT molecular complexity index is 650. The maximum absolute atomic E-state index is 13.8. The van der Waals surface area contributed by atoms with Gasteiger partial charge in [-0.05, 0) is 13.0 Å². The molecule has 0 saturated carbocycles.